The molecule has 1 aromatic carbocycles. The van der Waals surface area contributed by atoms with E-state index in [-0.39, 0.29) is 6.42 Å². The summed E-state index contributed by atoms with van der Waals surface area (Å²) in [5.41, 5.74) is 3.16. The first-order valence-electron chi connectivity index (χ1n) is 7.19. The van der Waals surface area contributed by atoms with E-state index in [1.807, 2.05) is 37.3 Å². The van der Waals surface area contributed by atoms with E-state index in [0.29, 0.717) is 0 Å². The third kappa shape index (κ3) is 8.10. The van der Waals surface area contributed by atoms with Crippen molar-refractivity contribution in [3.63, 3.8) is 0 Å². The van der Waals surface area contributed by atoms with Gasteiger partial charge in [-0.25, -0.2) is 0 Å². The lowest BCUT2D eigenvalue weighted by molar-refractivity contribution is -0.159. The normalized spacial score (nSPS) is 12.7. The Morgan fingerprint density at radius 3 is 2.52 bits per heavy atom. The Balaban J connectivity index is 2.39. The van der Waals surface area contributed by atoms with Gasteiger partial charge >= 0.3 is 5.97 Å². The van der Waals surface area contributed by atoms with E-state index in [1.54, 1.807) is 6.08 Å². The van der Waals surface area contributed by atoms with Gasteiger partial charge in [0.25, 0.3) is 0 Å². The maximum atomic E-state index is 11.7. The Kier molecular flexibility index (Phi) is 7.48. The summed E-state index contributed by atoms with van der Waals surface area (Å²) < 4.78 is 4.98. The van der Waals surface area contributed by atoms with E-state index in [1.165, 1.54) is 5.57 Å². The second kappa shape index (κ2) is 9.14. The van der Waals surface area contributed by atoms with Crippen molar-refractivity contribution in [3.05, 3.63) is 59.2 Å². The molecule has 0 heterocycles. The zero-order valence-corrected chi connectivity index (χ0v) is 13.0. The summed E-state index contributed by atoms with van der Waals surface area (Å²) in [6, 6.07) is 9.34. The van der Waals surface area contributed by atoms with Crippen molar-refractivity contribution in [2.24, 2.45) is 0 Å². The Morgan fingerprint density at radius 2 is 1.90 bits per heavy atom. The van der Waals surface area contributed by atoms with Gasteiger partial charge in [-0.2, -0.15) is 0 Å². The van der Waals surface area contributed by atoms with E-state index >= 15 is 0 Å². The van der Waals surface area contributed by atoms with Crippen LogP contribution in [0.25, 0.3) is 0 Å². The molecule has 0 bridgehead atoms. The number of carbonyl (C=O) groups excluding carboxylic acids is 1. The molecule has 1 atom stereocenters. The number of ether oxygens (including phenoxy) is 1. The number of hydrogen-bond donors (Lipinski definition) is 1. The molecule has 0 spiro atoms. The van der Waals surface area contributed by atoms with Gasteiger partial charge in [0.15, 0.2) is 0 Å². The van der Waals surface area contributed by atoms with Gasteiger partial charge in [0.2, 0.25) is 6.29 Å². The number of hydrogen-bond acceptors (Lipinski definition) is 3. The fourth-order valence-electron chi connectivity index (χ4n) is 1.89. The molecule has 1 rings (SSSR count). The lowest BCUT2D eigenvalue weighted by Crippen LogP contribution is -2.17. The Bertz CT molecular complexity index is 496. The Morgan fingerprint density at radius 1 is 1.24 bits per heavy atom. The van der Waals surface area contributed by atoms with Gasteiger partial charge in [-0.3, -0.25) is 4.79 Å². The number of carbonyl (C=O) groups is 1. The van der Waals surface area contributed by atoms with Crippen LogP contribution in [0.3, 0.4) is 0 Å². The van der Waals surface area contributed by atoms with Crippen molar-refractivity contribution in [3.8, 4) is 0 Å². The molecule has 21 heavy (non-hydrogen) atoms. The standard InChI is InChI=1S/C18H24O3/c1-14(2)8-7-9-15(3)12-17(19)21-18(20)13-16-10-5-4-6-11-16/h4-6,8,10-12,17,19H,7,9,13H2,1-3H3/b15-12+. The average molecular weight is 288 g/mol. The van der Waals surface area contributed by atoms with E-state index in [4.69, 9.17) is 4.74 Å². The molecule has 3 heteroatoms. The minimum Gasteiger partial charge on any atom is -0.432 e. The monoisotopic (exact) mass is 288 g/mol. The minimum atomic E-state index is -1.17. The largest absolute Gasteiger partial charge is 0.432 e. The number of benzene rings is 1. The van der Waals surface area contributed by atoms with Gasteiger partial charge in [-0.05, 0) is 45.3 Å². The van der Waals surface area contributed by atoms with Gasteiger partial charge in [0, 0.05) is 0 Å². The van der Waals surface area contributed by atoms with Crippen LogP contribution in [0.2, 0.25) is 0 Å². The first-order chi connectivity index (χ1) is 9.97. The second-order valence-corrected chi connectivity index (χ2v) is 5.38. The molecule has 0 amide bonds. The summed E-state index contributed by atoms with van der Waals surface area (Å²) in [5.74, 6) is -0.429. The smallest absolute Gasteiger partial charge is 0.312 e. The second-order valence-electron chi connectivity index (χ2n) is 5.38. The van der Waals surface area contributed by atoms with Crippen LogP contribution in [0.1, 0.15) is 39.2 Å². The van der Waals surface area contributed by atoms with Crippen LogP contribution in [0.15, 0.2) is 53.6 Å². The number of aliphatic hydroxyl groups is 1. The molecule has 1 aromatic rings. The number of aliphatic hydroxyl groups excluding tert-OH is 1. The van der Waals surface area contributed by atoms with Gasteiger partial charge in [-0.15, -0.1) is 0 Å². The van der Waals surface area contributed by atoms with Crippen molar-refractivity contribution in [1.82, 2.24) is 0 Å². The number of allylic oxidation sites excluding steroid dienone is 3. The fourth-order valence-corrected chi connectivity index (χ4v) is 1.89. The highest BCUT2D eigenvalue weighted by molar-refractivity contribution is 5.72. The summed E-state index contributed by atoms with van der Waals surface area (Å²) in [6.07, 6.45) is 4.50. The van der Waals surface area contributed by atoms with Crippen LogP contribution >= 0.6 is 0 Å². The summed E-state index contributed by atoms with van der Waals surface area (Å²) in [7, 11) is 0. The van der Waals surface area contributed by atoms with Gasteiger partial charge in [-0.1, -0.05) is 47.6 Å². The summed E-state index contributed by atoms with van der Waals surface area (Å²) in [4.78, 5) is 11.7. The van der Waals surface area contributed by atoms with Crippen molar-refractivity contribution in [2.45, 2.75) is 46.3 Å². The molecule has 0 saturated carbocycles. The highest BCUT2D eigenvalue weighted by Crippen LogP contribution is 2.09. The third-order valence-corrected chi connectivity index (χ3v) is 2.96. The van der Waals surface area contributed by atoms with E-state index in [2.05, 4.69) is 19.9 Å². The van der Waals surface area contributed by atoms with Crippen LogP contribution in [-0.2, 0) is 16.0 Å². The number of esters is 1. The van der Waals surface area contributed by atoms with Gasteiger partial charge < -0.3 is 9.84 Å². The van der Waals surface area contributed by atoms with Gasteiger partial charge in [0.1, 0.15) is 0 Å². The molecular weight excluding hydrogens is 264 g/mol. The molecule has 0 fully saturated rings. The zero-order chi connectivity index (χ0) is 15.7. The van der Waals surface area contributed by atoms with E-state index in [9.17, 15) is 9.90 Å². The lowest BCUT2D eigenvalue weighted by atomic mass is 10.1. The molecule has 0 aliphatic carbocycles. The lowest BCUT2D eigenvalue weighted by Gasteiger charge is -2.10. The van der Waals surface area contributed by atoms with Crippen molar-refractivity contribution in [1.29, 1.82) is 0 Å². The minimum absolute atomic E-state index is 0.169. The van der Waals surface area contributed by atoms with Crippen LogP contribution in [0.4, 0.5) is 0 Å². The topological polar surface area (TPSA) is 46.5 Å². The first kappa shape index (κ1) is 17.2. The first-order valence-corrected chi connectivity index (χ1v) is 7.19. The van der Waals surface area contributed by atoms with E-state index in [0.717, 1.165) is 24.0 Å². The van der Waals surface area contributed by atoms with Crippen molar-refractivity contribution >= 4 is 5.97 Å². The molecule has 0 aromatic heterocycles. The molecule has 1 unspecified atom stereocenters. The molecule has 114 valence electrons. The predicted molar refractivity (Wildman–Crippen MR) is 84.7 cm³/mol. The predicted octanol–water partition coefficient (Wildman–Crippen LogP) is 3.78. The average Bonchev–Trinajstić information content (AvgIpc) is 2.38. The molecule has 0 aliphatic rings. The SMILES string of the molecule is CC(C)=CCC/C(C)=C/C(O)OC(=O)Cc1ccccc1. The molecular formula is C18H24O3. The third-order valence-electron chi connectivity index (χ3n) is 2.96. The summed E-state index contributed by atoms with van der Waals surface area (Å²) >= 11 is 0. The quantitative estimate of drug-likeness (QED) is 0.472. The molecule has 0 saturated heterocycles. The molecule has 3 nitrogen and oxygen atoms in total. The van der Waals surface area contributed by atoms with Crippen molar-refractivity contribution in [2.75, 3.05) is 0 Å². The molecule has 0 aliphatic heterocycles. The Labute approximate surface area is 127 Å². The summed E-state index contributed by atoms with van der Waals surface area (Å²) in [5, 5.41) is 9.74. The fraction of sp³-hybridized carbons (Fsp3) is 0.389. The van der Waals surface area contributed by atoms with Crippen LogP contribution in [0, 0.1) is 0 Å². The Hall–Kier alpha value is -1.87. The summed E-state index contributed by atoms with van der Waals surface area (Å²) in [6.45, 7) is 6.03. The molecule has 1 N–H and O–H groups in total. The maximum absolute atomic E-state index is 11.7. The van der Waals surface area contributed by atoms with E-state index < -0.39 is 12.3 Å². The zero-order valence-electron chi connectivity index (χ0n) is 13.0. The van der Waals surface area contributed by atoms with Gasteiger partial charge in [0.05, 0.1) is 6.42 Å². The van der Waals surface area contributed by atoms with Crippen LogP contribution < -0.4 is 0 Å². The van der Waals surface area contributed by atoms with Crippen LogP contribution in [0.5, 0.6) is 0 Å². The van der Waals surface area contributed by atoms with Crippen molar-refractivity contribution < 1.29 is 14.6 Å². The maximum Gasteiger partial charge on any atom is 0.312 e. The highest BCUT2D eigenvalue weighted by atomic mass is 16.6. The molecule has 0 radical (unpaired) electrons. The van der Waals surface area contributed by atoms with Crippen LogP contribution in [-0.4, -0.2) is 17.4 Å². The highest BCUT2D eigenvalue weighted by Gasteiger charge is 2.09. The number of rotatable bonds is 7.